The molecule has 0 aliphatic heterocycles. The number of nitrogens with one attached hydrogen (secondary N) is 2. The van der Waals surface area contributed by atoms with Gasteiger partial charge < -0.3 is 5.32 Å². The van der Waals surface area contributed by atoms with Crippen LogP contribution in [0.2, 0.25) is 0 Å². The van der Waals surface area contributed by atoms with E-state index >= 15 is 0 Å². The van der Waals surface area contributed by atoms with Gasteiger partial charge in [-0.1, -0.05) is 51.1 Å². The molecule has 3 atom stereocenters. The number of anilines is 1. The van der Waals surface area contributed by atoms with Gasteiger partial charge in [0.15, 0.2) is 0 Å². The fourth-order valence-electron chi connectivity index (χ4n) is 4.63. The molecular weight excluding hydrogens is 470 g/mol. The molecule has 7 heteroatoms. The first-order valence-corrected chi connectivity index (χ1v) is 14.2. The Labute approximate surface area is 214 Å². The van der Waals surface area contributed by atoms with Crippen LogP contribution in [0, 0.1) is 12.8 Å². The lowest BCUT2D eigenvalue weighted by Gasteiger charge is -2.22. The van der Waals surface area contributed by atoms with Gasteiger partial charge in [0.1, 0.15) is 0 Å². The highest BCUT2D eigenvalue weighted by Crippen LogP contribution is 2.51. The first-order chi connectivity index (χ1) is 16.8. The molecule has 1 amide bonds. The summed E-state index contributed by atoms with van der Waals surface area (Å²) in [5.74, 6) is 0.155. The third-order valence-corrected chi connectivity index (χ3v) is 7.43. The van der Waals surface area contributed by atoms with Crippen LogP contribution >= 0.6 is 0 Å². The topological polar surface area (TPSA) is 88.2 Å². The Morgan fingerprint density at radius 2 is 1.75 bits per heavy atom. The van der Waals surface area contributed by atoms with E-state index in [1.807, 2.05) is 38.1 Å². The minimum Gasteiger partial charge on any atom is -0.349 e. The molecule has 3 aromatic rings. The number of sulfonamides is 1. The fourth-order valence-corrected chi connectivity index (χ4v) is 5.26. The molecule has 190 valence electrons. The first-order valence-electron chi connectivity index (χ1n) is 12.3. The van der Waals surface area contributed by atoms with Crippen LogP contribution in [0.4, 0.5) is 5.69 Å². The number of aromatic nitrogens is 1. The Balaban J connectivity index is 1.50. The van der Waals surface area contributed by atoms with E-state index in [2.05, 4.69) is 54.0 Å². The van der Waals surface area contributed by atoms with Crippen LogP contribution in [0.1, 0.15) is 68.3 Å². The number of aryl methyl sites for hydroxylation is 1. The van der Waals surface area contributed by atoms with Crippen LogP contribution in [0.3, 0.4) is 0 Å². The maximum atomic E-state index is 13.2. The lowest BCUT2D eigenvalue weighted by Crippen LogP contribution is -2.28. The van der Waals surface area contributed by atoms with Crippen LogP contribution in [0.25, 0.3) is 11.1 Å². The Kier molecular flexibility index (Phi) is 6.97. The summed E-state index contributed by atoms with van der Waals surface area (Å²) in [6.45, 7) is 10.4. The van der Waals surface area contributed by atoms with Crippen LogP contribution in [0.15, 0.2) is 60.9 Å². The number of benzene rings is 2. The maximum Gasteiger partial charge on any atom is 0.229 e. The molecule has 0 saturated heterocycles. The van der Waals surface area contributed by atoms with Crippen molar-refractivity contribution in [1.82, 2.24) is 10.3 Å². The number of carbonyl (C=O) groups excluding carboxylic acids is 1. The van der Waals surface area contributed by atoms with Crippen molar-refractivity contribution in [2.24, 2.45) is 5.92 Å². The van der Waals surface area contributed by atoms with E-state index < -0.39 is 10.0 Å². The fraction of sp³-hybridized carbons (Fsp3) is 0.379. The molecule has 2 aromatic carbocycles. The van der Waals surface area contributed by atoms with Gasteiger partial charge in [0.25, 0.3) is 0 Å². The molecule has 2 N–H and O–H groups in total. The molecule has 4 rings (SSSR count). The van der Waals surface area contributed by atoms with Gasteiger partial charge in [0, 0.05) is 18.3 Å². The van der Waals surface area contributed by atoms with E-state index in [-0.39, 0.29) is 29.2 Å². The summed E-state index contributed by atoms with van der Waals surface area (Å²) >= 11 is 0. The second-order valence-corrected chi connectivity index (χ2v) is 12.7. The average molecular weight is 506 g/mol. The van der Waals surface area contributed by atoms with Crippen molar-refractivity contribution in [2.75, 3.05) is 11.0 Å². The minimum absolute atomic E-state index is 0.0284. The van der Waals surface area contributed by atoms with E-state index in [4.69, 9.17) is 0 Å². The van der Waals surface area contributed by atoms with Crippen LogP contribution in [-0.4, -0.2) is 25.6 Å². The van der Waals surface area contributed by atoms with Crippen molar-refractivity contribution in [2.45, 2.75) is 58.4 Å². The maximum absolute atomic E-state index is 13.2. The van der Waals surface area contributed by atoms with Crippen LogP contribution in [-0.2, 0) is 20.2 Å². The molecule has 3 unspecified atom stereocenters. The molecule has 0 spiro atoms. The highest BCUT2D eigenvalue weighted by atomic mass is 32.2. The predicted molar refractivity (Wildman–Crippen MR) is 145 cm³/mol. The number of hydrogen-bond donors (Lipinski definition) is 2. The van der Waals surface area contributed by atoms with Crippen molar-refractivity contribution in [3.63, 3.8) is 0 Å². The molecular formula is C29H35N3O3S. The lowest BCUT2D eigenvalue weighted by molar-refractivity contribution is -0.123. The third kappa shape index (κ3) is 5.95. The number of rotatable bonds is 7. The van der Waals surface area contributed by atoms with Gasteiger partial charge in [-0.3, -0.25) is 14.5 Å². The second kappa shape index (κ2) is 9.69. The van der Waals surface area contributed by atoms with E-state index in [0.29, 0.717) is 5.69 Å². The second-order valence-electron chi connectivity index (χ2n) is 10.9. The molecule has 36 heavy (non-hydrogen) atoms. The number of nitrogens with zero attached hydrogens (tertiary/aromatic N) is 1. The Morgan fingerprint density at radius 1 is 1.06 bits per heavy atom. The SMILES string of the molecule is Cc1cc(C(C)NC(=O)C2CC2c2ccc(C(C)(C)C)cc2-c2ccncc2)ccc1NS(C)(=O)=O. The molecule has 6 nitrogen and oxygen atoms in total. The molecule has 1 heterocycles. The van der Waals surface area contributed by atoms with Gasteiger partial charge in [-0.25, -0.2) is 8.42 Å². The smallest absolute Gasteiger partial charge is 0.229 e. The Morgan fingerprint density at radius 3 is 2.36 bits per heavy atom. The normalized spacial score (nSPS) is 18.4. The van der Waals surface area contributed by atoms with Crippen molar-refractivity contribution in [1.29, 1.82) is 0 Å². The van der Waals surface area contributed by atoms with Crippen LogP contribution < -0.4 is 10.0 Å². The van der Waals surface area contributed by atoms with E-state index in [0.717, 1.165) is 29.4 Å². The number of carbonyl (C=O) groups is 1. The number of hydrogen-bond acceptors (Lipinski definition) is 4. The van der Waals surface area contributed by atoms with Crippen LogP contribution in [0.5, 0.6) is 0 Å². The van der Waals surface area contributed by atoms with E-state index in [1.165, 1.54) is 16.7 Å². The summed E-state index contributed by atoms with van der Waals surface area (Å²) in [6.07, 6.45) is 5.56. The van der Waals surface area contributed by atoms with E-state index in [1.54, 1.807) is 18.5 Å². The molecule has 1 saturated carbocycles. The summed E-state index contributed by atoms with van der Waals surface area (Å²) in [5.41, 5.74) is 7.07. The zero-order valence-electron chi connectivity index (χ0n) is 21.8. The lowest BCUT2D eigenvalue weighted by atomic mass is 9.83. The zero-order chi connectivity index (χ0) is 26.3. The summed E-state index contributed by atoms with van der Waals surface area (Å²) in [7, 11) is -3.35. The largest absolute Gasteiger partial charge is 0.349 e. The highest BCUT2D eigenvalue weighted by Gasteiger charge is 2.45. The van der Waals surface area contributed by atoms with Gasteiger partial charge in [0.05, 0.1) is 18.0 Å². The number of pyridine rings is 1. The predicted octanol–water partition coefficient (Wildman–Crippen LogP) is 5.71. The standard InChI is InChI=1S/C29H35N3O3S/c1-18-15-21(7-10-27(18)32-36(6,34)35)19(2)31-28(33)26-17-25(26)23-9-8-22(29(3,4)5)16-24(23)20-11-13-30-14-12-20/h7-16,19,25-26,32H,17H2,1-6H3,(H,31,33). The molecule has 1 aromatic heterocycles. The molecule has 1 aliphatic rings. The van der Waals surface area contributed by atoms with Crippen molar-refractivity contribution < 1.29 is 13.2 Å². The zero-order valence-corrected chi connectivity index (χ0v) is 22.6. The van der Waals surface area contributed by atoms with Gasteiger partial charge in [-0.05, 0) is 83.2 Å². The van der Waals surface area contributed by atoms with Crippen molar-refractivity contribution in [3.8, 4) is 11.1 Å². The van der Waals surface area contributed by atoms with Gasteiger partial charge in [0.2, 0.25) is 15.9 Å². The first kappa shape index (κ1) is 25.9. The van der Waals surface area contributed by atoms with E-state index in [9.17, 15) is 13.2 Å². The monoisotopic (exact) mass is 505 g/mol. The summed E-state index contributed by atoms with van der Waals surface area (Å²) in [4.78, 5) is 17.3. The Hall–Kier alpha value is -3.19. The molecule has 0 bridgehead atoms. The van der Waals surface area contributed by atoms with Gasteiger partial charge in [-0.15, -0.1) is 0 Å². The number of amides is 1. The molecule has 1 fully saturated rings. The summed E-state index contributed by atoms with van der Waals surface area (Å²) in [5, 5.41) is 3.16. The van der Waals surface area contributed by atoms with Gasteiger partial charge >= 0.3 is 0 Å². The summed E-state index contributed by atoms with van der Waals surface area (Å²) < 4.78 is 25.6. The summed E-state index contributed by atoms with van der Waals surface area (Å²) in [6, 6.07) is 16.0. The molecule has 0 radical (unpaired) electrons. The molecule has 1 aliphatic carbocycles. The van der Waals surface area contributed by atoms with Crippen molar-refractivity contribution in [3.05, 3.63) is 83.2 Å². The van der Waals surface area contributed by atoms with Gasteiger partial charge in [-0.2, -0.15) is 0 Å². The highest BCUT2D eigenvalue weighted by molar-refractivity contribution is 7.92. The minimum atomic E-state index is -3.35. The average Bonchev–Trinajstić information content (AvgIpc) is 3.60. The Bertz CT molecular complexity index is 1380. The quantitative estimate of drug-likeness (QED) is 0.431. The third-order valence-electron chi connectivity index (χ3n) is 6.84. The van der Waals surface area contributed by atoms with Crippen molar-refractivity contribution >= 4 is 21.6 Å².